The first-order valence-electron chi connectivity index (χ1n) is 5.89. The number of amides is 2. The smallest absolute Gasteiger partial charge is 0.337 e. The predicted molar refractivity (Wildman–Crippen MR) is 84.0 cm³/mol. The number of hydrogen-bond acceptors (Lipinski definition) is 4. The monoisotopic (exact) mass is 398 g/mol. The molecule has 2 aromatic rings. The molecule has 0 aliphatic carbocycles. The van der Waals surface area contributed by atoms with Gasteiger partial charge in [0.1, 0.15) is 6.33 Å². The Hall–Kier alpha value is -2.23. The van der Waals surface area contributed by atoms with E-state index >= 15 is 0 Å². The molecular formula is C13H11IN4O3. The van der Waals surface area contributed by atoms with Crippen LogP contribution >= 0.6 is 22.6 Å². The molecule has 3 N–H and O–H groups in total. The van der Waals surface area contributed by atoms with Gasteiger partial charge in [0.05, 0.1) is 23.5 Å². The molecule has 0 bridgehead atoms. The molecule has 8 heteroatoms. The molecule has 0 aliphatic heterocycles. The molecule has 0 fully saturated rings. The van der Waals surface area contributed by atoms with Crippen LogP contribution in [0, 0.1) is 3.57 Å². The second kappa shape index (κ2) is 6.97. The summed E-state index contributed by atoms with van der Waals surface area (Å²) in [6, 6.07) is 5.93. The van der Waals surface area contributed by atoms with Crippen LogP contribution in [-0.4, -0.2) is 27.1 Å². The molecule has 0 unspecified atom stereocenters. The lowest BCUT2D eigenvalue weighted by Crippen LogP contribution is -2.29. The van der Waals surface area contributed by atoms with Gasteiger partial charge >= 0.3 is 12.0 Å². The van der Waals surface area contributed by atoms with Crippen molar-refractivity contribution in [1.29, 1.82) is 0 Å². The summed E-state index contributed by atoms with van der Waals surface area (Å²) in [4.78, 5) is 30.7. The van der Waals surface area contributed by atoms with Crippen molar-refractivity contribution in [3.8, 4) is 0 Å². The van der Waals surface area contributed by atoms with Gasteiger partial charge < -0.3 is 15.7 Å². The maximum absolute atomic E-state index is 11.8. The SMILES string of the molecule is O=C(NCc1ccncn1)Nc1ccc(I)cc1C(=O)O. The lowest BCUT2D eigenvalue weighted by molar-refractivity contribution is 0.0698. The number of nitrogens with one attached hydrogen (secondary N) is 2. The average Bonchev–Trinajstić information content (AvgIpc) is 2.48. The van der Waals surface area contributed by atoms with Crippen molar-refractivity contribution in [2.75, 3.05) is 5.32 Å². The van der Waals surface area contributed by atoms with Gasteiger partial charge in [0, 0.05) is 9.77 Å². The van der Waals surface area contributed by atoms with Gasteiger partial charge in [-0.1, -0.05) is 0 Å². The van der Waals surface area contributed by atoms with Crippen molar-refractivity contribution < 1.29 is 14.7 Å². The molecule has 7 nitrogen and oxygen atoms in total. The summed E-state index contributed by atoms with van der Waals surface area (Å²) in [6.07, 6.45) is 2.96. The van der Waals surface area contributed by atoms with Gasteiger partial charge in [0.25, 0.3) is 0 Å². The maximum atomic E-state index is 11.8. The molecule has 2 rings (SSSR count). The predicted octanol–water partition coefficient (Wildman–Crippen LogP) is 2.10. The van der Waals surface area contributed by atoms with Crippen molar-refractivity contribution in [2.45, 2.75) is 6.54 Å². The Kier molecular flexibility index (Phi) is 5.04. The third kappa shape index (κ3) is 4.38. The number of halogens is 1. The van der Waals surface area contributed by atoms with Crippen LogP contribution in [0.1, 0.15) is 16.1 Å². The van der Waals surface area contributed by atoms with Crippen molar-refractivity contribution in [1.82, 2.24) is 15.3 Å². The Morgan fingerprint density at radius 3 is 2.76 bits per heavy atom. The molecule has 0 aliphatic rings. The van der Waals surface area contributed by atoms with Crippen LogP contribution in [0.2, 0.25) is 0 Å². The third-order valence-electron chi connectivity index (χ3n) is 2.53. The van der Waals surface area contributed by atoms with E-state index in [1.165, 1.54) is 12.4 Å². The number of carbonyl (C=O) groups excluding carboxylic acids is 1. The van der Waals surface area contributed by atoms with E-state index in [-0.39, 0.29) is 17.8 Å². The highest BCUT2D eigenvalue weighted by Gasteiger charge is 2.12. The Balaban J connectivity index is 2.01. The molecule has 0 radical (unpaired) electrons. The number of aromatic carboxylic acids is 1. The highest BCUT2D eigenvalue weighted by atomic mass is 127. The molecule has 1 aromatic heterocycles. The quantitative estimate of drug-likeness (QED) is 0.685. The van der Waals surface area contributed by atoms with Gasteiger partial charge in [0.15, 0.2) is 0 Å². The number of benzene rings is 1. The largest absolute Gasteiger partial charge is 0.478 e. The van der Waals surface area contributed by atoms with E-state index in [1.807, 2.05) is 22.6 Å². The lowest BCUT2D eigenvalue weighted by atomic mass is 10.2. The van der Waals surface area contributed by atoms with Gasteiger partial charge in [-0.05, 0) is 46.9 Å². The summed E-state index contributed by atoms with van der Waals surface area (Å²) in [5.41, 5.74) is 0.934. The van der Waals surface area contributed by atoms with Gasteiger partial charge in [0.2, 0.25) is 0 Å². The number of carbonyl (C=O) groups is 2. The summed E-state index contributed by atoms with van der Waals surface area (Å²) < 4.78 is 0.775. The minimum atomic E-state index is -1.10. The second-order valence-corrected chi connectivity index (χ2v) is 5.25. The number of carboxylic acid groups (broad SMARTS) is 1. The van der Waals surface area contributed by atoms with Gasteiger partial charge in [-0.25, -0.2) is 19.6 Å². The average molecular weight is 398 g/mol. The molecule has 0 saturated heterocycles. The maximum Gasteiger partial charge on any atom is 0.337 e. The highest BCUT2D eigenvalue weighted by molar-refractivity contribution is 14.1. The van der Waals surface area contributed by atoms with Gasteiger partial charge in [-0.15, -0.1) is 0 Å². The molecule has 0 atom stereocenters. The number of urea groups is 1. The van der Waals surface area contributed by atoms with E-state index in [2.05, 4.69) is 20.6 Å². The fourth-order valence-electron chi connectivity index (χ4n) is 1.56. The molecular weight excluding hydrogens is 387 g/mol. The Morgan fingerprint density at radius 2 is 2.10 bits per heavy atom. The first-order valence-corrected chi connectivity index (χ1v) is 6.96. The summed E-state index contributed by atoms with van der Waals surface area (Å²) in [6.45, 7) is 0.223. The van der Waals surface area contributed by atoms with E-state index < -0.39 is 12.0 Å². The zero-order chi connectivity index (χ0) is 15.2. The van der Waals surface area contributed by atoms with Crippen LogP contribution < -0.4 is 10.6 Å². The summed E-state index contributed by atoms with van der Waals surface area (Å²) in [5, 5.41) is 14.2. The number of rotatable bonds is 4. The number of aromatic nitrogens is 2. The number of hydrogen-bond donors (Lipinski definition) is 3. The van der Waals surface area contributed by atoms with Crippen LogP contribution in [0.4, 0.5) is 10.5 Å². The first kappa shape index (κ1) is 15.2. The molecule has 1 aromatic carbocycles. The number of nitrogens with zero attached hydrogens (tertiary/aromatic N) is 2. The lowest BCUT2D eigenvalue weighted by Gasteiger charge is -2.10. The molecule has 1 heterocycles. The van der Waals surface area contributed by atoms with Crippen LogP contribution in [0.15, 0.2) is 36.8 Å². The molecule has 108 valence electrons. The van der Waals surface area contributed by atoms with Crippen molar-refractivity contribution in [3.05, 3.63) is 51.6 Å². The fourth-order valence-corrected chi connectivity index (χ4v) is 2.05. The minimum absolute atomic E-state index is 0.0408. The summed E-state index contributed by atoms with van der Waals surface area (Å²) in [7, 11) is 0. The molecule has 0 saturated carbocycles. The van der Waals surface area contributed by atoms with Crippen LogP contribution in [0.3, 0.4) is 0 Å². The van der Waals surface area contributed by atoms with Crippen molar-refractivity contribution >= 4 is 40.3 Å². The van der Waals surface area contributed by atoms with E-state index in [9.17, 15) is 9.59 Å². The van der Waals surface area contributed by atoms with Crippen LogP contribution in [0.25, 0.3) is 0 Å². The van der Waals surface area contributed by atoms with Crippen molar-refractivity contribution in [3.63, 3.8) is 0 Å². The zero-order valence-corrected chi connectivity index (χ0v) is 12.9. The van der Waals surface area contributed by atoms with Crippen LogP contribution in [0.5, 0.6) is 0 Å². The van der Waals surface area contributed by atoms with E-state index in [0.29, 0.717) is 5.69 Å². The Morgan fingerprint density at radius 1 is 1.29 bits per heavy atom. The normalized spacial score (nSPS) is 9.95. The van der Waals surface area contributed by atoms with Gasteiger partial charge in [-0.3, -0.25) is 0 Å². The Labute approximate surface area is 134 Å². The summed E-state index contributed by atoms with van der Waals surface area (Å²) in [5.74, 6) is -1.10. The fraction of sp³-hybridized carbons (Fsp3) is 0.0769. The zero-order valence-electron chi connectivity index (χ0n) is 10.7. The molecule has 21 heavy (non-hydrogen) atoms. The van der Waals surface area contributed by atoms with E-state index in [1.54, 1.807) is 24.4 Å². The molecule has 2 amide bonds. The minimum Gasteiger partial charge on any atom is -0.478 e. The van der Waals surface area contributed by atoms with E-state index in [0.717, 1.165) is 3.57 Å². The first-order chi connectivity index (χ1) is 10.1. The summed E-state index contributed by atoms with van der Waals surface area (Å²) >= 11 is 2.01. The molecule has 0 spiro atoms. The second-order valence-electron chi connectivity index (χ2n) is 4.00. The Bertz CT molecular complexity index is 664. The van der Waals surface area contributed by atoms with Crippen molar-refractivity contribution in [2.24, 2.45) is 0 Å². The van der Waals surface area contributed by atoms with E-state index in [4.69, 9.17) is 5.11 Å². The number of anilines is 1. The third-order valence-corrected chi connectivity index (χ3v) is 3.20. The topological polar surface area (TPSA) is 104 Å². The standard InChI is InChI=1S/C13H11IN4O3/c14-8-1-2-11(10(5-8)12(19)20)18-13(21)16-6-9-3-4-15-7-17-9/h1-5,7H,6H2,(H,19,20)(H2,16,18,21). The van der Waals surface area contributed by atoms with Crippen LogP contribution in [-0.2, 0) is 6.54 Å². The number of carboxylic acids is 1. The highest BCUT2D eigenvalue weighted by Crippen LogP contribution is 2.18. The van der Waals surface area contributed by atoms with Gasteiger partial charge in [-0.2, -0.15) is 0 Å².